The van der Waals surface area contributed by atoms with Crippen molar-refractivity contribution in [3.63, 3.8) is 0 Å². The zero-order valence-corrected chi connectivity index (χ0v) is 15.8. The Morgan fingerprint density at radius 2 is 2.00 bits per heavy atom. The van der Waals surface area contributed by atoms with Crippen LogP contribution in [0.15, 0.2) is 36.9 Å². The van der Waals surface area contributed by atoms with Gasteiger partial charge >= 0.3 is 0 Å². The fraction of sp³-hybridized carbons (Fsp3) is 0.500. The molecule has 28 heavy (non-hydrogen) atoms. The maximum absolute atomic E-state index is 12.4. The monoisotopic (exact) mass is 385 g/mol. The first kappa shape index (κ1) is 20.0. The minimum Gasteiger partial charge on any atom is -0.391 e. The molecule has 0 bridgehead atoms. The van der Waals surface area contributed by atoms with Crippen LogP contribution in [0.2, 0.25) is 0 Å². The first-order valence-corrected chi connectivity index (χ1v) is 9.73. The molecule has 0 spiro atoms. The topological polar surface area (TPSA) is 120 Å². The Kier molecular flexibility index (Phi) is 7.13. The molecule has 3 rings (SSSR count). The molecule has 3 atom stereocenters. The van der Waals surface area contributed by atoms with Crippen molar-refractivity contribution in [3.05, 3.63) is 48.0 Å². The van der Waals surface area contributed by atoms with E-state index in [0.29, 0.717) is 38.6 Å². The van der Waals surface area contributed by atoms with Gasteiger partial charge in [-0.2, -0.15) is 5.10 Å². The molecule has 0 aromatic carbocycles. The second kappa shape index (κ2) is 9.98. The SMILES string of the molecule is O=C(CCc1cn[nH]c1)N[C@H]1CC[C@H](C(=O)NCCc2ccncc2)C[C@@H]1O. The van der Waals surface area contributed by atoms with E-state index >= 15 is 0 Å². The number of nitrogens with zero attached hydrogens (tertiary/aromatic N) is 2. The molecule has 2 aromatic heterocycles. The number of nitrogens with one attached hydrogen (secondary N) is 3. The molecular weight excluding hydrogens is 358 g/mol. The molecular formula is C20H27N5O3. The summed E-state index contributed by atoms with van der Waals surface area (Å²) in [6, 6.07) is 3.56. The molecule has 8 heteroatoms. The van der Waals surface area contributed by atoms with Crippen molar-refractivity contribution in [1.29, 1.82) is 0 Å². The number of hydrogen-bond acceptors (Lipinski definition) is 5. The Hall–Kier alpha value is -2.74. The number of aromatic nitrogens is 3. The third-order valence-electron chi connectivity index (χ3n) is 5.19. The van der Waals surface area contributed by atoms with Crippen molar-refractivity contribution in [2.75, 3.05) is 6.54 Å². The van der Waals surface area contributed by atoms with Crippen LogP contribution in [0.3, 0.4) is 0 Å². The van der Waals surface area contributed by atoms with E-state index in [1.165, 1.54) is 0 Å². The van der Waals surface area contributed by atoms with Crippen LogP contribution in [0.5, 0.6) is 0 Å². The number of aliphatic hydroxyl groups excluding tert-OH is 1. The lowest BCUT2D eigenvalue weighted by molar-refractivity contribution is -0.128. The quantitative estimate of drug-likeness (QED) is 0.534. The lowest BCUT2D eigenvalue weighted by atomic mass is 9.83. The molecule has 2 amide bonds. The van der Waals surface area contributed by atoms with Gasteiger partial charge in [0, 0.05) is 37.5 Å². The van der Waals surface area contributed by atoms with Crippen LogP contribution in [-0.4, -0.2) is 50.8 Å². The highest BCUT2D eigenvalue weighted by Gasteiger charge is 2.33. The van der Waals surface area contributed by atoms with E-state index in [4.69, 9.17) is 0 Å². The highest BCUT2D eigenvalue weighted by Crippen LogP contribution is 2.25. The Labute approximate surface area is 164 Å². The van der Waals surface area contributed by atoms with Crippen molar-refractivity contribution in [2.45, 2.75) is 50.7 Å². The molecule has 4 N–H and O–H groups in total. The number of aliphatic hydroxyl groups is 1. The summed E-state index contributed by atoms with van der Waals surface area (Å²) in [5.41, 5.74) is 2.10. The molecule has 1 aliphatic carbocycles. The van der Waals surface area contributed by atoms with Gasteiger partial charge in [-0.3, -0.25) is 19.7 Å². The molecule has 8 nitrogen and oxygen atoms in total. The molecule has 2 aromatic rings. The van der Waals surface area contributed by atoms with Crippen molar-refractivity contribution in [3.8, 4) is 0 Å². The molecule has 1 aliphatic rings. The highest BCUT2D eigenvalue weighted by molar-refractivity contribution is 5.79. The summed E-state index contributed by atoms with van der Waals surface area (Å²) in [5, 5.41) is 22.8. The number of H-pyrrole nitrogens is 1. The summed E-state index contributed by atoms with van der Waals surface area (Å²) in [4.78, 5) is 28.4. The molecule has 0 unspecified atom stereocenters. The number of carbonyl (C=O) groups excluding carboxylic acids is 2. The lowest BCUT2D eigenvalue weighted by Crippen LogP contribution is -2.49. The highest BCUT2D eigenvalue weighted by atomic mass is 16.3. The van der Waals surface area contributed by atoms with E-state index in [9.17, 15) is 14.7 Å². The first-order valence-electron chi connectivity index (χ1n) is 9.73. The summed E-state index contributed by atoms with van der Waals surface area (Å²) in [5.74, 6) is -0.338. The van der Waals surface area contributed by atoms with Crippen molar-refractivity contribution < 1.29 is 14.7 Å². The number of amides is 2. The number of aromatic amines is 1. The summed E-state index contributed by atoms with van der Waals surface area (Å²) in [7, 11) is 0. The van der Waals surface area contributed by atoms with Gasteiger partial charge in [-0.25, -0.2) is 0 Å². The fourth-order valence-corrected chi connectivity index (χ4v) is 3.53. The van der Waals surface area contributed by atoms with E-state index in [2.05, 4.69) is 25.8 Å². The Morgan fingerprint density at radius 3 is 2.71 bits per heavy atom. The van der Waals surface area contributed by atoms with E-state index in [-0.39, 0.29) is 23.8 Å². The average Bonchev–Trinajstić information content (AvgIpc) is 3.22. The van der Waals surface area contributed by atoms with Gasteiger partial charge in [-0.15, -0.1) is 0 Å². The Morgan fingerprint density at radius 1 is 1.18 bits per heavy atom. The molecule has 1 saturated carbocycles. The maximum Gasteiger partial charge on any atom is 0.223 e. The van der Waals surface area contributed by atoms with Crippen molar-refractivity contribution in [2.24, 2.45) is 5.92 Å². The van der Waals surface area contributed by atoms with Crippen LogP contribution in [-0.2, 0) is 22.4 Å². The standard InChI is InChI=1S/C20H27N5O3/c26-18-11-16(20(28)22-10-7-14-5-8-21-9-6-14)2-3-17(18)25-19(27)4-1-15-12-23-24-13-15/h5-6,8-9,12-13,16-18,26H,1-4,7,10-11H2,(H,22,28)(H,23,24)(H,25,27)/t16-,17-,18-/m0/s1. The maximum atomic E-state index is 12.4. The predicted octanol–water partition coefficient (Wildman–Crippen LogP) is 0.742. The number of aryl methyl sites for hydroxylation is 1. The zero-order chi connectivity index (χ0) is 19.8. The minimum absolute atomic E-state index is 0.0298. The number of rotatable bonds is 8. The van der Waals surface area contributed by atoms with Gasteiger partial charge in [0.25, 0.3) is 0 Å². The predicted molar refractivity (Wildman–Crippen MR) is 103 cm³/mol. The van der Waals surface area contributed by atoms with E-state index in [0.717, 1.165) is 17.5 Å². The second-order valence-electron chi connectivity index (χ2n) is 7.25. The lowest BCUT2D eigenvalue weighted by Gasteiger charge is -2.33. The van der Waals surface area contributed by atoms with Gasteiger partial charge in [0.05, 0.1) is 18.3 Å². The molecule has 150 valence electrons. The van der Waals surface area contributed by atoms with Gasteiger partial charge in [0.1, 0.15) is 0 Å². The second-order valence-corrected chi connectivity index (χ2v) is 7.25. The van der Waals surface area contributed by atoms with Gasteiger partial charge in [0.15, 0.2) is 0 Å². The van der Waals surface area contributed by atoms with Gasteiger partial charge < -0.3 is 15.7 Å². The van der Waals surface area contributed by atoms with Crippen LogP contribution >= 0.6 is 0 Å². The Balaban J connectivity index is 1.36. The van der Waals surface area contributed by atoms with Crippen LogP contribution in [0.1, 0.15) is 36.8 Å². The Bertz CT molecular complexity index is 750. The normalized spacial score (nSPS) is 21.8. The molecule has 0 saturated heterocycles. The van der Waals surface area contributed by atoms with Crippen molar-refractivity contribution >= 4 is 11.8 Å². The van der Waals surface area contributed by atoms with Gasteiger partial charge in [-0.05, 0) is 55.4 Å². The van der Waals surface area contributed by atoms with E-state index in [1.54, 1.807) is 24.8 Å². The summed E-state index contributed by atoms with van der Waals surface area (Å²) in [6.45, 7) is 0.559. The van der Waals surface area contributed by atoms with E-state index < -0.39 is 6.10 Å². The smallest absolute Gasteiger partial charge is 0.223 e. The third kappa shape index (κ3) is 5.88. The molecule has 0 aliphatic heterocycles. The summed E-state index contributed by atoms with van der Waals surface area (Å²) >= 11 is 0. The summed E-state index contributed by atoms with van der Waals surface area (Å²) in [6.07, 6.45) is 9.55. The minimum atomic E-state index is -0.706. The van der Waals surface area contributed by atoms with Crippen molar-refractivity contribution in [1.82, 2.24) is 25.8 Å². The van der Waals surface area contributed by atoms with Crippen LogP contribution in [0, 0.1) is 5.92 Å². The largest absolute Gasteiger partial charge is 0.391 e. The fourth-order valence-electron chi connectivity index (χ4n) is 3.53. The van der Waals surface area contributed by atoms with Crippen LogP contribution in [0.4, 0.5) is 0 Å². The molecule has 2 heterocycles. The van der Waals surface area contributed by atoms with Gasteiger partial charge in [-0.1, -0.05) is 0 Å². The zero-order valence-electron chi connectivity index (χ0n) is 15.8. The van der Waals surface area contributed by atoms with Crippen LogP contribution in [0.25, 0.3) is 0 Å². The summed E-state index contributed by atoms with van der Waals surface area (Å²) < 4.78 is 0. The van der Waals surface area contributed by atoms with Crippen LogP contribution < -0.4 is 10.6 Å². The third-order valence-corrected chi connectivity index (χ3v) is 5.19. The number of hydrogen-bond donors (Lipinski definition) is 4. The van der Waals surface area contributed by atoms with E-state index in [1.807, 2.05) is 12.1 Å². The van der Waals surface area contributed by atoms with Gasteiger partial charge in [0.2, 0.25) is 11.8 Å². The number of pyridine rings is 1. The molecule has 1 fully saturated rings. The average molecular weight is 385 g/mol. The molecule has 0 radical (unpaired) electrons. The number of carbonyl (C=O) groups is 2. The first-order chi connectivity index (χ1) is 13.6.